The molecule has 3 fully saturated rings. The van der Waals surface area contributed by atoms with Crippen molar-refractivity contribution in [3.8, 4) is 0 Å². The van der Waals surface area contributed by atoms with Crippen molar-refractivity contribution in [2.45, 2.75) is 70.8 Å². The fourth-order valence-corrected chi connectivity index (χ4v) is 5.28. The number of unbranched alkanes of at least 4 members (excludes halogenated alkanes) is 3. The van der Waals surface area contributed by atoms with Crippen LogP contribution in [0.3, 0.4) is 0 Å². The summed E-state index contributed by atoms with van der Waals surface area (Å²) in [5.41, 5.74) is 0.480. The number of hydrogen-bond acceptors (Lipinski definition) is 3. The minimum atomic E-state index is -0.269. The summed E-state index contributed by atoms with van der Waals surface area (Å²) >= 11 is 0. The molecule has 5 unspecified atom stereocenters. The Bertz CT molecular complexity index is 431. The molecule has 3 aliphatic rings. The van der Waals surface area contributed by atoms with Gasteiger partial charge in [-0.25, -0.2) is 4.79 Å². The summed E-state index contributed by atoms with van der Waals surface area (Å²) in [5.74, 6) is 3.66. The Morgan fingerprint density at radius 3 is 2.52 bits per heavy atom. The van der Waals surface area contributed by atoms with Crippen molar-refractivity contribution in [1.82, 2.24) is 0 Å². The van der Waals surface area contributed by atoms with E-state index in [4.69, 9.17) is 9.47 Å². The van der Waals surface area contributed by atoms with Crippen LogP contribution in [-0.4, -0.2) is 25.3 Å². The Kier molecular flexibility index (Phi) is 5.79. The van der Waals surface area contributed by atoms with Gasteiger partial charge in [-0.05, 0) is 75.5 Å². The number of rotatable bonds is 9. The largest absolute Gasteiger partial charge is 0.462 e. The first kappa shape index (κ1) is 17.0. The third kappa shape index (κ3) is 3.99. The third-order valence-corrected chi connectivity index (χ3v) is 6.32. The van der Waals surface area contributed by atoms with Crippen LogP contribution in [-0.2, 0) is 14.3 Å². The first-order valence-electron chi connectivity index (χ1n) is 9.61. The maximum absolute atomic E-state index is 11.2. The van der Waals surface area contributed by atoms with E-state index in [1.165, 1.54) is 32.1 Å². The van der Waals surface area contributed by atoms with Crippen LogP contribution in [0.2, 0.25) is 0 Å². The highest BCUT2D eigenvalue weighted by Crippen LogP contribution is 2.59. The van der Waals surface area contributed by atoms with E-state index in [-0.39, 0.29) is 5.97 Å². The number of carbonyl (C=O) groups excluding carboxylic acids is 1. The summed E-state index contributed by atoms with van der Waals surface area (Å²) in [6.45, 7) is 6.69. The zero-order valence-corrected chi connectivity index (χ0v) is 14.6. The maximum atomic E-state index is 11.2. The topological polar surface area (TPSA) is 35.5 Å². The van der Waals surface area contributed by atoms with Gasteiger partial charge in [0.2, 0.25) is 0 Å². The highest BCUT2D eigenvalue weighted by Gasteiger charge is 2.54. The molecule has 0 aromatic carbocycles. The van der Waals surface area contributed by atoms with E-state index in [0.29, 0.717) is 18.3 Å². The molecule has 3 aliphatic carbocycles. The average Bonchev–Trinajstić information content (AvgIpc) is 3.21. The van der Waals surface area contributed by atoms with Crippen molar-refractivity contribution in [3.63, 3.8) is 0 Å². The van der Waals surface area contributed by atoms with Crippen molar-refractivity contribution in [2.24, 2.45) is 23.7 Å². The van der Waals surface area contributed by atoms with E-state index in [9.17, 15) is 4.79 Å². The lowest BCUT2D eigenvalue weighted by molar-refractivity contribution is -0.139. The number of ether oxygens (including phenoxy) is 2. The molecule has 0 N–H and O–H groups in total. The molecule has 0 heterocycles. The van der Waals surface area contributed by atoms with Gasteiger partial charge in [0.15, 0.2) is 0 Å². The monoisotopic (exact) mass is 320 g/mol. The molecule has 130 valence electrons. The predicted octanol–water partition coefficient (Wildman–Crippen LogP) is 4.51. The minimum absolute atomic E-state index is 0.269. The highest BCUT2D eigenvalue weighted by atomic mass is 16.5. The zero-order valence-electron chi connectivity index (χ0n) is 14.6. The zero-order chi connectivity index (χ0) is 16.2. The molecule has 5 atom stereocenters. The van der Waals surface area contributed by atoms with Gasteiger partial charge in [-0.2, -0.15) is 0 Å². The maximum Gasteiger partial charge on any atom is 0.333 e. The second-order valence-corrected chi connectivity index (χ2v) is 7.89. The quantitative estimate of drug-likeness (QED) is 0.356. The summed E-state index contributed by atoms with van der Waals surface area (Å²) in [6, 6.07) is 0. The van der Waals surface area contributed by atoms with Crippen molar-refractivity contribution < 1.29 is 14.3 Å². The van der Waals surface area contributed by atoms with Gasteiger partial charge in [-0.1, -0.05) is 19.4 Å². The lowest BCUT2D eigenvalue weighted by atomic mass is 9.80. The molecule has 0 radical (unpaired) electrons. The van der Waals surface area contributed by atoms with Gasteiger partial charge in [-0.3, -0.25) is 0 Å². The van der Waals surface area contributed by atoms with Gasteiger partial charge in [-0.15, -0.1) is 0 Å². The lowest BCUT2D eigenvalue weighted by Crippen LogP contribution is -2.30. The third-order valence-electron chi connectivity index (χ3n) is 6.32. The Morgan fingerprint density at radius 2 is 1.74 bits per heavy atom. The van der Waals surface area contributed by atoms with E-state index in [1.807, 2.05) is 0 Å². The fraction of sp³-hybridized carbons (Fsp3) is 0.850. The van der Waals surface area contributed by atoms with Crippen LogP contribution in [0.4, 0.5) is 0 Å². The van der Waals surface area contributed by atoms with Crippen molar-refractivity contribution in [3.05, 3.63) is 12.2 Å². The normalized spacial score (nSPS) is 34.6. The highest BCUT2D eigenvalue weighted by molar-refractivity contribution is 5.86. The molecule has 3 heteroatoms. The molecule has 23 heavy (non-hydrogen) atoms. The van der Waals surface area contributed by atoms with Gasteiger partial charge in [0.1, 0.15) is 0 Å². The average molecular weight is 320 g/mol. The Balaban J connectivity index is 1.21. The molecule has 0 aromatic heterocycles. The van der Waals surface area contributed by atoms with E-state index in [0.717, 1.165) is 56.0 Å². The van der Waals surface area contributed by atoms with E-state index >= 15 is 0 Å². The fourth-order valence-electron chi connectivity index (χ4n) is 5.28. The first-order chi connectivity index (χ1) is 11.2. The van der Waals surface area contributed by atoms with Gasteiger partial charge in [0.05, 0.1) is 12.7 Å². The van der Waals surface area contributed by atoms with Crippen molar-refractivity contribution in [1.29, 1.82) is 0 Å². The summed E-state index contributed by atoms with van der Waals surface area (Å²) in [6.07, 6.45) is 12.1. The van der Waals surface area contributed by atoms with Gasteiger partial charge >= 0.3 is 5.97 Å². The second kappa shape index (κ2) is 7.83. The molecule has 0 amide bonds. The number of fused-ring (bicyclic) bond motifs is 5. The van der Waals surface area contributed by atoms with Crippen LogP contribution in [0.1, 0.15) is 64.7 Å². The molecule has 3 saturated carbocycles. The lowest BCUT2D eigenvalue weighted by Gasteiger charge is -2.31. The van der Waals surface area contributed by atoms with E-state index in [1.54, 1.807) is 6.92 Å². The van der Waals surface area contributed by atoms with E-state index < -0.39 is 0 Å². The Labute approximate surface area is 140 Å². The summed E-state index contributed by atoms with van der Waals surface area (Å²) in [5, 5.41) is 0. The molecular formula is C20H32O3. The van der Waals surface area contributed by atoms with Gasteiger partial charge in [0.25, 0.3) is 0 Å². The smallest absolute Gasteiger partial charge is 0.333 e. The Hall–Kier alpha value is -0.830. The van der Waals surface area contributed by atoms with Gasteiger partial charge in [0, 0.05) is 12.2 Å². The molecule has 0 spiro atoms. The van der Waals surface area contributed by atoms with Crippen LogP contribution >= 0.6 is 0 Å². The number of carbonyl (C=O) groups is 1. The standard InChI is InChI=1S/C20H32O3/c1-14(2)20(21)23-11-6-4-3-5-10-22-19-13-15-12-18(19)17-9-7-8-16(15)17/h15-19H,1,3-13H2,2H3. The summed E-state index contributed by atoms with van der Waals surface area (Å²) < 4.78 is 11.3. The van der Waals surface area contributed by atoms with Crippen molar-refractivity contribution in [2.75, 3.05) is 13.2 Å². The van der Waals surface area contributed by atoms with Crippen LogP contribution in [0.25, 0.3) is 0 Å². The molecule has 0 aliphatic heterocycles. The molecule has 3 rings (SSSR count). The first-order valence-corrected chi connectivity index (χ1v) is 9.61. The molecular weight excluding hydrogens is 288 g/mol. The van der Waals surface area contributed by atoms with Crippen LogP contribution in [0.15, 0.2) is 12.2 Å². The van der Waals surface area contributed by atoms with E-state index in [2.05, 4.69) is 6.58 Å². The molecule has 2 bridgehead atoms. The summed E-state index contributed by atoms with van der Waals surface area (Å²) in [7, 11) is 0. The number of hydrogen-bond donors (Lipinski definition) is 0. The minimum Gasteiger partial charge on any atom is -0.462 e. The predicted molar refractivity (Wildman–Crippen MR) is 91.0 cm³/mol. The summed E-state index contributed by atoms with van der Waals surface area (Å²) in [4.78, 5) is 11.2. The molecule has 0 saturated heterocycles. The van der Waals surface area contributed by atoms with Crippen molar-refractivity contribution >= 4 is 5.97 Å². The Morgan fingerprint density at radius 1 is 1.00 bits per heavy atom. The van der Waals surface area contributed by atoms with Gasteiger partial charge < -0.3 is 9.47 Å². The van der Waals surface area contributed by atoms with Crippen LogP contribution < -0.4 is 0 Å². The van der Waals surface area contributed by atoms with Crippen LogP contribution in [0.5, 0.6) is 0 Å². The molecule has 0 aromatic rings. The molecule has 3 nitrogen and oxygen atoms in total. The van der Waals surface area contributed by atoms with Crippen LogP contribution in [0, 0.1) is 23.7 Å². The second-order valence-electron chi connectivity index (χ2n) is 7.89. The number of esters is 1. The SMILES string of the molecule is C=C(C)C(=O)OCCCCCCOC1CC2CC1C1CCCC21.